The first kappa shape index (κ1) is 19.7. The lowest BCUT2D eigenvalue weighted by Gasteiger charge is -2.23. The Hall–Kier alpha value is -3.58. The lowest BCUT2D eigenvalue weighted by atomic mass is 9.81. The molecule has 1 N–H and O–H groups in total. The predicted octanol–water partition coefficient (Wildman–Crippen LogP) is 5.49. The molecule has 4 rings (SSSR count). The molecule has 1 atom stereocenters. The molecule has 150 valence electrons. The summed E-state index contributed by atoms with van der Waals surface area (Å²) in [5.74, 6) is 0.823. The molecular formula is C26H24N2O2. The number of nitrogens with one attached hydrogen (secondary N) is 1. The van der Waals surface area contributed by atoms with Gasteiger partial charge in [-0.25, -0.2) is 0 Å². The maximum absolute atomic E-state index is 12.2. The van der Waals surface area contributed by atoms with Gasteiger partial charge in [0, 0.05) is 22.9 Å². The number of nitriles is 1. The van der Waals surface area contributed by atoms with Crippen LogP contribution in [0.3, 0.4) is 0 Å². The molecule has 0 radical (unpaired) electrons. The van der Waals surface area contributed by atoms with E-state index in [4.69, 9.17) is 4.74 Å². The fraction of sp³-hybridized carbons (Fsp3) is 0.231. The first-order chi connectivity index (χ1) is 14.5. The quantitative estimate of drug-likeness (QED) is 0.468. The largest absolute Gasteiger partial charge is 0.493 e. The molecule has 0 aliphatic heterocycles. The van der Waals surface area contributed by atoms with Gasteiger partial charge < -0.3 is 9.72 Å². The zero-order chi connectivity index (χ0) is 21.1. The fourth-order valence-corrected chi connectivity index (χ4v) is 3.80. The number of pyridine rings is 1. The average Bonchev–Trinajstić information content (AvgIpc) is 2.78. The molecule has 1 unspecified atom stereocenters. The van der Waals surface area contributed by atoms with Gasteiger partial charge in [0.1, 0.15) is 5.75 Å². The summed E-state index contributed by atoms with van der Waals surface area (Å²) in [7, 11) is 0. The molecule has 4 heteroatoms. The third kappa shape index (κ3) is 3.67. The van der Waals surface area contributed by atoms with Gasteiger partial charge >= 0.3 is 0 Å². The van der Waals surface area contributed by atoms with Crippen molar-refractivity contribution in [3.63, 3.8) is 0 Å². The van der Waals surface area contributed by atoms with Gasteiger partial charge in [-0.15, -0.1) is 0 Å². The number of hydrogen-bond acceptors (Lipinski definition) is 3. The number of fused-ring (bicyclic) bond motifs is 2. The summed E-state index contributed by atoms with van der Waals surface area (Å²) in [5.41, 5.74) is 1.60. The van der Waals surface area contributed by atoms with Crippen LogP contribution in [0.4, 0.5) is 0 Å². The predicted molar refractivity (Wildman–Crippen MR) is 121 cm³/mol. The van der Waals surface area contributed by atoms with Crippen LogP contribution in [-0.2, 0) is 11.8 Å². The summed E-state index contributed by atoms with van der Waals surface area (Å²) in [6, 6.07) is 24.3. The molecule has 0 aliphatic carbocycles. The van der Waals surface area contributed by atoms with E-state index < -0.39 is 5.41 Å². The Labute approximate surface area is 175 Å². The van der Waals surface area contributed by atoms with Crippen molar-refractivity contribution in [1.29, 1.82) is 5.26 Å². The zero-order valence-electron chi connectivity index (χ0n) is 17.2. The molecule has 4 nitrogen and oxygen atoms in total. The molecule has 0 amide bonds. The van der Waals surface area contributed by atoms with E-state index in [0.717, 1.165) is 38.6 Å². The van der Waals surface area contributed by atoms with E-state index in [1.165, 1.54) is 0 Å². The summed E-state index contributed by atoms with van der Waals surface area (Å²) in [6.07, 6.45) is 1.23. The molecule has 1 aromatic heterocycles. The van der Waals surface area contributed by atoms with Crippen molar-refractivity contribution in [3.05, 3.63) is 88.2 Å². The maximum atomic E-state index is 12.2. The number of hydrogen-bond donors (Lipinski definition) is 1. The van der Waals surface area contributed by atoms with Gasteiger partial charge in [-0.1, -0.05) is 55.5 Å². The SMILES string of the molecule is CCc1cc2ccc(C(C)(C#N)CCOc3cccc4ccccc34)cc2[nH]c1=O. The number of benzene rings is 3. The van der Waals surface area contributed by atoms with Crippen molar-refractivity contribution < 1.29 is 4.74 Å². The second kappa shape index (κ2) is 8.04. The molecule has 0 saturated carbocycles. The molecule has 0 saturated heterocycles. The molecule has 30 heavy (non-hydrogen) atoms. The number of rotatable bonds is 6. The van der Waals surface area contributed by atoms with Crippen molar-refractivity contribution >= 4 is 21.7 Å². The highest BCUT2D eigenvalue weighted by molar-refractivity contribution is 5.88. The third-order valence-corrected chi connectivity index (χ3v) is 5.80. The lowest BCUT2D eigenvalue weighted by Crippen LogP contribution is -2.23. The number of aromatic nitrogens is 1. The van der Waals surface area contributed by atoms with Crippen molar-refractivity contribution in [2.45, 2.75) is 32.1 Å². The van der Waals surface area contributed by atoms with Crippen LogP contribution in [0.25, 0.3) is 21.7 Å². The van der Waals surface area contributed by atoms with Crippen molar-refractivity contribution in [2.24, 2.45) is 0 Å². The van der Waals surface area contributed by atoms with Crippen LogP contribution in [0, 0.1) is 11.3 Å². The van der Waals surface area contributed by atoms with Gasteiger partial charge in [0.2, 0.25) is 0 Å². The van der Waals surface area contributed by atoms with Gasteiger partial charge in [-0.3, -0.25) is 4.79 Å². The van der Waals surface area contributed by atoms with E-state index in [1.807, 2.05) is 68.4 Å². The number of aromatic amines is 1. The van der Waals surface area contributed by atoms with Crippen LogP contribution in [0.2, 0.25) is 0 Å². The second-order valence-electron chi connectivity index (χ2n) is 7.80. The fourth-order valence-electron chi connectivity index (χ4n) is 3.80. The molecule has 3 aromatic carbocycles. The second-order valence-corrected chi connectivity index (χ2v) is 7.80. The van der Waals surface area contributed by atoms with E-state index in [0.29, 0.717) is 19.4 Å². The minimum Gasteiger partial charge on any atom is -0.493 e. The van der Waals surface area contributed by atoms with Gasteiger partial charge in [0.25, 0.3) is 5.56 Å². The highest BCUT2D eigenvalue weighted by atomic mass is 16.5. The molecule has 0 bridgehead atoms. The highest BCUT2D eigenvalue weighted by Crippen LogP contribution is 2.31. The third-order valence-electron chi connectivity index (χ3n) is 5.80. The minimum atomic E-state index is -0.723. The standard InChI is InChI=1S/C26H24N2O2/c1-3-18-15-20-11-12-21(16-23(20)28-25(18)29)26(2,17-27)13-14-30-24-10-6-8-19-7-4-5-9-22(19)24/h4-12,15-16H,3,13-14H2,1-2H3,(H,28,29). The van der Waals surface area contributed by atoms with Gasteiger partial charge in [0.05, 0.1) is 18.1 Å². The molecule has 1 heterocycles. The Morgan fingerprint density at radius 2 is 1.83 bits per heavy atom. The van der Waals surface area contributed by atoms with Crippen LogP contribution in [-0.4, -0.2) is 11.6 Å². The smallest absolute Gasteiger partial charge is 0.251 e. The number of nitrogens with zero attached hydrogens (tertiary/aromatic N) is 1. The first-order valence-corrected chi connectivity index (χ1v) is 10.2. The van der Waals surface area contributed by atoms with Crippen molar-refractivity contribution in [1.82, 2.24) is 4.98 Å². The van der Waals surface area contributed by atoms with E-state index in [2.05, 4.69) is 23.2 Å². The van der Waals surface area contributed by atoms with Gasteiger partial charge in [0.15, 0.2) is 0 Å². The molecular weight excluding hydrogens is 372 g/mol. The molecule has 0 aliphatic rings. The Balaban J connectivity index is 1.57. The lowest BCUT2D eigenvalue weighted by molar-refractivity contribution is 0.288. The summed E-state index contributed by atoms with van der Waals surface area (Å²) < 4.78 is 6.07. The molecule has 4 aromatic rings. The monoisotopic (exact) mass is 396 g/mol. The Morgan fingerprint density at radius 1 is 1.03 bits per heavy atom. The number of H-pyrrole nitrogens is 1. The molecule has 0 fully saturated rings. The maximum Gasteiger partial charge on any atom is 0.251 e. The Kier molecular flexibility index (Phi) is 5.29. The zero-order valence-corrected chi connectivity index (χ0v) is 17.2. The van der Waals surface area contributed by atoms with Crippen molar-refractivity contribution in [3.8, 4) is 11.8 Å². The van der Waals surface area contributed by atoms with Crippen LogP contribution >= 0.6 is 0 Å². The summed E-state index contributed by atoms with van der Waals surface area (Å²) in [6.45, 7) is 4.30. The topological polar surface area (TPSA) is 65.9 Å². The van der Waals surface area contributed by atoms with E-state index >= 15 is 0 Å². The van der Waals surface area contributed by atoms with Crippen LogP contribution < -0.4 is 10.3 Å². The minimum absolute atomic E-state index is 0.0694. The first-order valence-electron chi connectivity index (χ1n) is 10.2. The van der Waals surface area contributed by atoms with Crippen LogP contribution in [0.15, 0.2) is 71.5 Å². The number of ether oxygens (including phenoxy) is 1. The van der Waals surface area contributed by atoms with E-state index in [-0.39, 0.29) is 5.56 Å². The van der Waals surface area contributed by atoms with E-state index in [1.54, 1.807) is 0 Å². The normalized spacial score (nSPS) is 13.1. The molecule has 0 spiro atoms. The summed E-state index contributed by atoms with van der Waals surface area (Å²) in [4.78, 5) is 15.1. The highest BCUT2D eigenvalue weighted by Gasteiger charge is 2.27. The average molecular weight is 396 g/mol. The summed E-state index contributed by atoms with van der Waals surface area (Å²) >= 11 is 0. The Morgan fingerprint density at radius 3 is 2.63 bits per heavy atom. The number of aryl methyl sites for hydroxylation is 1. The van der Waals surface area contributed by atoms with Crippen molar-refractivity contribution in [2.75, 3.05) is 6.61 Å². The van der Waals surface area contributed by atoms with Crippen LogP contribution in [0.1, 0.15) is 31.4 Å². The van der Waals surface area contributed by atoms with E-state index in [9.17, 15) is 10.1 Å². The Bertz CT molecular complexity index is 1310. The van der Waals surface area contributed by atoms with Gasteiger partial charge in [-0.2, -0.15) is 5.26 Å². The van der Waals surface area contributed by atoms with Gasteiger partial charge in [-0.05, 0) is 47.9 Å². The summed E-state index contributed by atoms with van der Waals surface area (Å²) in [5, 5.41) is 13.1. The van der Waals surface area contributed by atoms with Crippen LogP contribution in [0.5, 0.6) is 5.75 Å².